The Balaban J connectivity index is 2.14. The third kappa shape index (κ3) is 4.04. The van der Waals surface area contributed by atoms with Crippen molar-refractivity contribution in [1.82, 2.24) is 0 Å². The summed E-state index contributed by atoms with van der Waals surface area (Å²) in [5.41, 5.74) is 7.16. The zero-order chi connectivity index (χ0) is 19.9. The van der Waals surface area contributed by atoms with Crippen molar-refractivity contribution >= 4 is 82.2 Å². The molecule has 1 amide bonds. The number of hydrogen-bond acceptors (Lipinski definition) is 5. The Morgan fingerprint density at radius 2 is 1.93 bits per heavy atom. The van der Waals surface area contributed by atoms with Crippen LogP contribution < -0.4 is 21.2 Å². The molecule has 0 spiro atoms. The van der Waals surface area contributed by atoms with Crippen LogP contribution in [0.3, 0.4) is 0 Å². The van der Waals surface area contributed by atoms with Crippen molar-refractivity contribution in [3.63, 3.8) is 0 Å². The summed E-state index contributed by atoms with van der Waals surface area (Å²) in [7, 11) is -3.93. The van der Waals surface area contributed by atoms with E-state index < -0.39 is 15.9 Å². The SMILES string of the molecule is NC(=S)N(/N=C1\C(=O)Nc2c(Br)cc(Br)cc21)c1cccc(S(N)(=O)=O)c1. The zero-order valence-corrected chi connectivity index (χ0v) is 18.1. The molecule has 2 aromatic rings. The highest BCUT2D eigenvalue weighted by Gasteiger charge is 2.30. The number of hydrazone groups is 1. The molecule has 0 atom stereocenters. The molecule has 1 aliphatic rings. The summed E-state index contributed by atoms with van der Waals surface area (Å²) >= 11 is 11.8. The highest BCUT2D eigenvalue weighted by atomic mass is 79.9. The summed E-state index contributed by atoms with van der Waals surface area (Å²) in [5, 5.41) is 13.1. The molecule has 8 nitrogen and oxygen atoms in total. The molecule has 0 fully saturated rings. The Hall–Kier alpha value is -1.86. The monoisotopic (exact) mass is 531 g/mol. The molecular weight excluding hydrogens is 522 g/mol. The number of halogens is 2. The summed E-state index contributed by atoms with van der Waals surface area (Å²) in [4.78, 5) is 12.3. The van der Waals surface area contributed by atoms with E-state index in [2.05, 4.69) is 42.3 Å². The van der Waals surface area contributed by atoms with Crippen LogP contribution in [0.4, 0.5) is 11.4 Å². The lowest BCUT2D eigenvalue weighted by molar-refractivity contribution is -0.110. The second-order valence-electron chi connectivity index (χ2n) is 5.41. The average Bonchev–Trinajstić information content (AvgIpc) is 2.87. The van der Waals surface area contributed by atoms with Gasteiger partial charge in [-0.15, -0.1) is 0 Å². The van der Waals surface area contributed by atoms with Crippen LogP contribution in [0.15, 0.2) is 55.3 Å². The molecular formula is C15H11Br2N5O3S2. The van der Waals surface area contributed by atoms with E-state index in [-0.39, 0.29) is 21.4 Å². The second kappa shape index (κ2) is 7.28. The maximum absolute atomic E-state index is 12.4. The molecule has 0 radical (unpaired) electrons. The summed E-state index contributed by atoms with van der Waals surface area (Å²) in [6.07, 6.45) is 0. The van der Waals surface area contributed by atoms with Crippen molar-refractivity contribution in [1.29, 1.82) is 0 Å². The van der Waals surface area contributed by atoms with Crippen molar-refractivity contribution in [2.45, 2.75) is 4.90 Å². The molecule has 27 heavy (non-hydrogen) atoms. The average molecular weight is 533 g/mol. The Morgan fingerprint density at radius 1 is 1.22 bits per heavy atom. The number of anilines is 2. The predicted octanol–water partition coefficient (Wildman–Crippen LogP) is 2.27. The number of rotatable bonds is 3. The van der Waals surface area contributed by atoms with Crippen LogP contribution in [-0.4, -0.2) is 25.1 Å². The topological polar surface area (TPSA) is 131 Å². The summed E-state index contributed by atoms with van der Waals surface area (Å²) in [5.74, 6) is -0.451. The minimum atomic E-state index is -3.93. The third-order valence-electron chi connectivity index (χ3n) is 3.56. The smallest absolute Gasteiger partial charge is 0.276 e. The maximum atomic E-state index is 12.4. The van der Waals surface area contributed by atoms with Crippen LogP contribution in [0.2, 0.25) is 0 Å². The predicted molar refractivity (Wildman–Crippen MR) is 114 cm³/mol. The first-order valence-corrected chi connectivity index (χ1v) is 10.7. The number of carbonyl (C=O) groups excluding carboxylic acids is 1. The number of carbonyl (C=O) groups is 1. The number of nitrogens with zero attached hydrogens (tertiary/aromatic N) is 2. The summed E-state index contributed by atoms with van der Waals surface area (Å²) in [6, 6.07) is 9.11. The highest BCUT2D eigenvalue weighted by Crippen LogP contribution is 2.35. The van der Waals surface area contributed by atoms with Gasteiger partial charge < -0.3 is 11.1 Å². The van der Waals surface area contributed by atoms with Crippen molar-refractivity contribution in [3.05, 3.63) is 50.9 Å². The number of nitrogens with two attached hydrogens (primary N) is 2. The molecule has 0 bridgehead atoms. The van der Waals surface area contributed by atoms with Crippen LogP contribution in [0.5, 0.6) is 0 Å². The quantitative estimate of drug-likeness (QED) is 0.410. The fraction of sp³-hybridized carbons (Fsp3) is 0. The normalized spacial score (nSPS) is 14.8. The fourth-order valence-electron chi connectivity index (χ4n) is 2.41. The van der Waals surface area contributed by atoms with Crippen LogP contribution in [0.1, 0.15) is 5.56 Å². The van der Waals surface area contributed by atoms with Gasteiger partial charge in [-0.1, -0.05) is 22.0 Å². The Morgan fingerprint density at radius 3 is 2.56 bits per heavy atom. The standard InChI is InChI=1S/C15H11Br2N5O3S2/c16-7-4-10-12(11(17)5-7)20-14(23)13(10)21-22(15(18)26)8-2-1-3-9(6-8)27(19,24)25/h1-6H,(H2,18,26)(H2,19,24,25)(H,20,21,23). The van der Waals surface area contributed by atoms with Gasteiger partial charge in [-0.2, -0.15) is 5.10 Å². The van der Waals surface area contributed by atoms with Gasteiger partial charge in [0.25, 0.3) is 5.91 Å². The van der Waals surface area contributed by atoms with Gasteiger partial charge in [0.2, 0.25) is 10.0 Å². The Labute approximate surface area is 176 Å². The van der Waals surface area contributed by atoms with Gasteiger partial charge in [0, 0.05) is 14.5 Å². The molecule has 1 heterocycles. The van der Waals surface area contributed by atoms with Crippen molar-refractivity contribution in [2.75, 3.05) is 10.3 Å². The molecule has 12 heteroatoms. The van der Waals surface area contributed by atoms with Gasteiger partial charge in [-0.25, -0.2) is 18.6 Å². The first-order chi connectivity index (χ1) is 12.6. The number of thiocarbonyl (C=S) groups is 1. The summed E-state index contributed by atoms with van der Waals surface area (Å²) in [6.45, 7) is 0. The van der Waals surface area contributed by atoms with E-state index >= 15 is 0 Å². The lowest BCUT2D eigenvalue weighted by atomic mass is 10.1. The van der Waals surface area contributed by atoms with Gasteiger partial charge in [0.05, 0.1) is 16.3 Å². The first kappa shape index (κ1) is 19.9. The van der Waals surface area contributed by atoms with Crippen molar-refractivity contribution in [2.24, 2.45) is 16.0 Å². The van der Waals surface area contributed by atoms with Crippen LogP contribution >= 0.6 is 44.1 Å². The van der Waals surface area contributed by atoms with E-state index in [1.54, 1.807) is 18.2 Å². The lowest BCUT2D eigenvalue weighted by Gasteiger charge is -2.18. The first-order valence-electron chi connectivity index (χ1n) is 7.19. The number of fused-ring (bicyclic) bond motifs is 1. The number of amides is 1. The number of sulfonamides is 1. The van der Waals surface area contributed by atoms with Crippen molar-refractivity contribution in [3.8, 4) is 0 Å². The van der Waals surface area contributed by atoms with E-state index in [1.807, 2.05) is 0 Å². The van der Waals surface area contributed by atoms with E-state index in [9.17, 15) is 13.2 Å². The molecule has 0 unspecified atom stereocenters. The van der Waals surface area contributed by atoms with E-state index in [0.29, 0.717) is 15.7 Å². The largest absolute Gasteiger partial charge is 0.374 e. The fourth-order valence-corrected chi connectivity index (χ4v) is 4.43. The van der Waals surface area contributed by atoms with Crippen LogP contribution in [-0.2, 0) is 14.8 Å². The van der Waals surface area contributed by atoms with E-state index in [4.69, 9.17) is 23.1 Å². The number of hydrogen-bond donors (Lipinski definition) is 3. The molecule has 5 N–H and O–H groups in total. The number of benzene rings is 2. The minimum Gasteiger partial charge on any atom is -0.374 e. The zero-order valence-electron chi connectivity index (χ0n) is 13.3. The van der Waals surface area contributed by atoms with Gasteiger partial charge in [-0.05, 0) is 58.5 Å². The molecule has 3 rings (SSSR count). The van der Waals surface area contributed by atoms with Crippen LogP contribution in [0, 0.1) is 0 Å². The molecule has 0 saturated carbocycles. The van der Waals surface area contributed by atoms with Gasteiger partial charge >= 0.3 is 0 Å². The second-order valence-corrected chi connectivity index (χ2v) is 9.16. The number of primary sulfonamides is 1. The maximum Gasteiger partial charge on any atom is 0.276 e. The minimum absolute atomic E-state index is 0.0702. The van der Waals surface area contributed by atoms with Gasteiger partial charge in [-0.3, -0.25) is 4.79 Å². The lowest BCUT2D eigenvalue weighted by Crippen LogP contribution is -2.33. The van der Waals surface area contributed by atoms with E-state index in [1.165, 1.54) is 18.2 Å². The molecule has 0 aromatic heterocycles. The van der Waals surface area contributed by atoms with Gasteiger partial charge in [0.15, 0.2) is 10.8 Å². The van der Waals surface area contributed by atoms with Gasteiger partial charge in [0.1, 0.15) is 0 Å². The molecule has 1 aliphatic heterocycles. The molecule has 0 saturated heterocycles. The van der Waals surface area contributed by atoms with Crippen LogP contribution in [0.25, 0.3) is 0 Å². The molecule has 140 valence electrons. The molecule has 2 aromatic carbocycles. The van der Waals surface area contributed by atoms with Crippen molar-refractivity contribution < 1.29 is 13.2 Å². The highest BCUT2D eigenvalue weighted by molar-refractivity contribution is 9.11. The Bertz CT molecular complexity index is 1120. The number of nitrogens with one attached hydrogen (secondary N) is 1. The molecule has 0 aliphatic carbocycles. The third-order valence-corrected chi connectivity index (χ3v) is 5.73. The van der Waals surface area contributed by atoms with E-state index in [0.717, 1.165) is 9.48 Å². The Kier molecular flexibility index (Phi) is 5.36. The summed E-state index contributed by atoms with van der Waals surface area (Å²) < 4.78 is 24.6.